The van der Waals surface area contributed by atoms with Crippen molar-refractivity contribution in [3.05, 3.63) is 23.9 Å². The van der Waals surface area contributed by atoms with Gasteiger partial charge in [0.25, 0.3) is 0 Å². The summed E-state index contributed by atoms with van der Waals surface area (Å²) in [6.07, 6.45) is 9.34. The monoisotopic (exact) mass is 431 g/mol. The Morgan fingerprint density at radius 2 is 2.09 bits per heavy atom. The van der Waals surface area contributed by atoms with Gasteiger partial charge in [0.2, 0.25) is 0 Å². The fourth-order valence-corrected chi connectivity index (χ4v) is 2.68. The number of nitrogens with one attached hydrogen (secondary N) is 1. The molecule has 0 atom stereocenters. The number of unbranched alkanes of at least 4 members (excludes halogenated alkanes) is 3. The number of halogens is 1. The van der Waals surface area contributed by atoms with Crippen LogP contribution in [0, 0.1) is 0 Å². The summed E-state index contributed by atoms with van der Waals surface area (Å²) in [6.45, 7) is 5.96. The Labute approximate surface area is 157 Å². The van der Waals surface area contributed by atoms with Crippen LogP contribution in [0.5, 0.6) is 0 Å². The minimum Gasteiger partial charge on any atom is -0.370 e. The summed E-state index contributed by atoms with van der Waals surface area (Å²) in [4.78, 5) is 11.2. The second kappa shape index (κ2) is 11.5. The normalized spacial score (nSPS) is 14.7. The lowest BCUT2D eigenvalue weighted by Gasteiger charge is -2.16. The van der Waals surface area contributed by atoms with Crippen molar-refractivity contribution in [1.82, 2.24) is 10.3 Å². The summed E-state index contributed by atoms with van der Waals surface area (Å²) in [5.41, 5.74) is 7.07. The predicted octanol–water partition coefficient (Wildman–Crippen LogP) is 3.28. The van der Waals surface area contributed by atoms with Gasteiger partial charge in [-0.2, -0.15) is 0 Å². The Morgan fingerprint density at radius 1 is 1.30 bits per heavy atom. The molecule has 3 N–H and O–H groups in total. The van der Waals surface area contributed by atoms with Gasteiger partial charge in [0.05, 0.1) is 6.54 Å². The molecule has 23 heavy (non-hydrogen) atoms. The molecule has 0 aliphatic carbocycles. The predicted molar refractivity (Wildman–Crippen MR) is 109 cm³/mol. The van der Waals surface area contributed by atoms with Crippen molar-refractivity contribution in [2.45, 2.75) is 52.0 Å². The third-order valence-corrected chi connectivity index (χ3v) is 4.01. The summed E-state index contributed by atoms with van der Waals surface area (Å²) in [7, 11) is 0. The van der Waals surface area contributed by atoms with Crippen LogP contribution in [-0.4, -0.2) is 30.6 Å². The molecule has 1 aromatic rings. The van der Waals surface area contributed by atoms with Gasteiger partial charge < -0.3 is 16.0 Å². The first kappa shape index (κ1) is 20.0. The van der Waals surface area contributed by atoms with Gasteiger partial charge in [-0.1, -0.05) is 26.2 Å². The van der Waals surface area contributed by atoms with Gasteiger partial charge in [0.1, 0.15) is 5.82 Å². The summed E-state index contributed by atoms with van der Waals surface area (Å²) < 4.78 is 0. The molecule has 1 saturated heterocycles. The second-order valence-electron chi connectivity index (χ2n) is 5.91. The van der Waals surface area contributed by atoms with Crippen LogP contribution in [0.2, 0.25) is 0 Å². The average Bonchev–Trinajstić information content (AvgIpc) is 3.07. The van der Waals surface area contributed by atoms with E-state index < -0.39 is 0 Å². The number of hydrogen-bond acceptors (Lipinski definition) is 3. The highest BCUT2D eigenvalue weighted by molar-refractivity contribution is 14.0. The zero-order chi connectivity index (χ0) is 15.6. The minimum absolute atomic E-state index is 0. The molecule has 6 heteroatoms. The van der Waals surface area contributed by atoms with Crippen LogP contribution in [0.1, 0.15) is 51.0 Å². The average molecular weight is 431 g/mol. The summed E-state index contributed by atoms with van der Waals surface area (Å²) >= 11 is 0. The lowest BCUT2D eigenvalue weighted by atomic mass is 10.2. The molecule has 2 heterocycles. The number of rotatable bonds is 8. The lowest BCUT2D eigenvalue weighted by Crippen LogP contribution is -2.32. The molecular weight excluding hydrogens is 401 g/mol. The zero-order valence-corrected chi connectivity index (χ0v) is 16.5. The Hall–Kier alpha value is -1.05. The van der Waals surface area contributed by atoms with Crippen molar-refractivity contribution >= 4 is 35.8 Å². The van der Waals surface area contributed by atoms with E-state index >= 15 is 0 Å². The lowest BCUT2D eigenvalue weighted by molar-refractivity contribution is 0.652. The third kappa shape index (κ3) is 7.37. The topological polar surface area (TPSA) is 66.5 Å². The van der Waals surface area contributed by atoms with Crippen LogP contribution in [0.15, 0.2) is 23.3 Å². The SMILES string of the molecule is CCCCCCNC(N)=NCc1ccnc(N2CCCC2)c1.I. The number of aromatic nitrogens is 1. The Bertz CT molecular complexity index is 472. The quantitative estimate of drug-likeness (QED) is 0.287. The van der Waals surface area contributed by atoms with E-state index in [1.807, 2.05) is 12.3 Å². The zero-order valence-electron chi connectivity index (χ0n) is 14.1. The molecule has 130 valence electrons. The molecule has 0 radical (unpaired) electrons. The van der Waals surface area contributed by atoms with Crippen molar-refractivity contribution in [1.29, 1.82) is 0 Å². The summed E-state index contributed by atoms with van der Waals surface area (Å²) in [5, 5.41) is 3.18. The highest BCUT2D eigenvalue weighted by atomic mass is 127. The standard InChI is InChI=1S/C17H29N5.HI/c1-2-3-4-5-9-20-17(18)21-14-15-8-10-19-16(13-15)22-11-6-7-12-22;/h8,10,13H,2-7,9,11-12,14H2,1H3,(H3,18,20,21);1H. The van der Waals surface area contributed by atoms with E-state index in [2.05, 4.69) is 33.2 Å². The first-order valence-corrected chi connectivity index (χ1v) is 8.53. The van der Waals surface area contributed by atoms with E-state index in [0.29, 0.717) is 12.5 Å². The van der Waals surface area contributed by atoms with Gasteiger partial charge >= 0.3 is 0 Å². The molecule has 1 aliphatic heterocycles. The molecule has 0 unspecified atom stereocenters. The Kier molecular flexibility index (Phi) is 9.98. The molecule has 0 amide bonds. The smallest absolute Gasteiger partial charge is 0.188 e. The second-order valence-corrected chi connectivity index (χ2v) is 5.91. The number of guanidine groups is 1. The van der Waals surface area contributed by atoms with Crippen molar-refractivity contribution in [2.75, 3.05) is 24.5 Å². The van der Waals surface area contributed by atoms with E-state index in [-0.39, 0.29) is 24.0 Å². The molecule has 0 spiro atoms. The number of hydrogen-bond donors (Lipinski definition) is 2. The van der Waals surface area contributed by atoms with Gasteiger partial charge in [0, 0.05) is 25.8 Å². The van der Waals surface area contributed by atoms with Gasteiger partial charge in [0.15, 0.2) is 5.96 Å². The number of pyridine rings is 1. The number of nitrogens with two attached hydrogens (primary N) is 1. The minimum atomic E-state index is 0. The molecular formula is C17H30IN5. The fourth-order valence-electron chi connectivity index (χ4n) is 2.68. The summed E-state index contributed by atoms with van der Waals surface area (Å²) in [6, 6.07) is 4.14. The first-order valence-electron chi connectivity index (χ1n) is 8.53. The Morgan fingerprint density at radius 3 is 2.83 bits per heavy atom. The van der Waals surface area contributed by atoms with Crippen molar-refractivity contribution in [3.8, 4) is 0 Å². The third-order valence-electron chi connectivity index (χ3n) is 4.01. The Balaban J connectivity index is 0.00000264. The molecule has 5 nitrogen and oxygen atoms in total. The van der Waals surface area contributed by atoms with Gasteiger partial charge in [-0.05, 0) is 37.0 Å². The van der Waals surface area contributed by atoms with Gasteiger partial charge in [-0.3, -0.25) is 0 Å². The molecule has 1 fully saturated rings. The maximum Gasteiger partial charge on any atom is 0.188 e. The fraction of sp³-hybridized carbons (Fsp3) is 0.647. The first-order chi connectivity index (χ1) is 10.8. The van der Waals surface area contributed by atoms with Crippen molar-refractivity contribution in [3.63, 3.8) is 0 Å². The van der Waals surface area contributed by atoms with Gasteiger partial charge in [-0.15, -0.1) is 24.0 Å². The highest BCUT2D eigenvalue weighted by Crippen LogP contribution is 2.18. The van der Waals surface area contributed by atoms with Crippen molar-refractivity contribution in [2.24, 2.45) is 10.7 Å². The van der Waals surface area contributed by atoms with Gasteiger partial charge in [-0.25, -0.2) is 9.98 Å². The molecule has 0 aromatic carbocycles. The maximum atomic E-state index is 5.91. The number of nitrogens with zero attached hydrogens (tertiary/aromatic N) is 3. The maximum absolute atomic E-state index is 5.91. The van der Waals surface area contributed by atoms with E-state index in [9.17, 15) is 0 Å². The summed E-state index contributed by atoms with van der Waals surface area (Å²) in [5.74, 6) is 1.60. The van der Waals surface area contributed by atoms with E-state index in [1.54, 1.807) is 0 Å². The highest BCUT2D eigenvalue weighted by Gasteiger charge is 2.13. The van der Waals surface area contributed by atoms with Crippen LogP contribution in [0.25, 0.3) is 0 Å². The van der Waals surface area contributed by atoms with Crippen LogP contribution < -0.4 is 16.0 Å². The van der Waals surface area contributed by atoms with Crippen LogP contribution in [-0.2, 0) is 6.54 Å². The molecule has 1 aliphatic rings. The van der Waals surface area contributed by atoms with E-state index in [1.165, 1.54) is 32.1 Å². The molecule has 1 aromatic heterocycles. The van der Waals surface area contributed by atoms with Crippen LogP contribution in [0.4, 0.5) is 5.82 Å². The molecule has 0 bridgehead atoms. The van der Waals surface area contributed by atoms with E-state index in [0.717, 1.165) is 37.4 Å². The van der Waals surface area contributed by atoms with E-state index in [4.69, 9.17) is 5.73 Å². The molecule has 0 saturated carbocycles. The molecule has 2 rings (SSSR count). The largest absolute Gasteiger partial charge is 0.370 e. The number of anilines is 1. The number of aliphatic imine (C=N–C) groups is 1. The van der Waals surface area contributed by atoms with Crippen molar-refractivity contribution < 1.29 is 0 Å². The van der Waals surface area contributed by atoms with Crippen LogP contribution in [0.3, 0.4) is 0 Å². The van der Waals surface area contributed by atoms with Crippen LogP contribution >= 0.6 is 24.0 Å².